The van der Waals surface area contributed by atoms with Gasteiger partial charge in [-0.1, -0.05) is 41.9 Å². The number of benzene rings is 2. The normalized spacial score (nSPS) is 16.4. The van der Waals surface area contributed by atoms with Crippen molar-refractivity contribution in [3.8, 4) is 6.07 Å². The summed E-state index contributed by atoms with van der Waals surface area (Å²) in [6, 6.07) is 16.7. The van der Waals surface area contributed by atoms with Crippen LogP contribution in [0.3, 0.4) is 0 Å². The van der Waals surface area contributed by atoms with Gasteiger partial charge in [-0.3, -0.25) is 9.59 Å². The maximum Gasteiger partial charge on any atom is 0.229 e. The molecule has 1 aliphatic heterocycles. The second-order valence-corrected chi connectivity index (χ2v) is 6.68. The van der Waals surface area contributed by atoms with E-state index in [-0.39, 0.29) is 29.2 Å². The smallest absolute Gasteiger partial charge is 0.229 e. The SMILES string of the molecule is N#Cc1ccc(NC(=O)C2CC(=O)N(CCc3ccccc3)C2)cc1Cl. The molecule has 0 spiro atoms. The molecule has 1 N–H and O–H groups in total. The summed E-state index contributed by atoms with van der Waals surface area (Å²) >= 11 is 5.98. The van der Waals surface area contributed by atoms with Crippen molar-refractivity contribution in [2.75, 3.05) is 18.4 Å². The number of nitriles is 1. The molecule has 1 fully saturated rings. The Hall–Kier alpha value is -2.84. The zero-order chi connectivity index (χ0) is 18.5. The summed E-state index contributed by atoms with van der Waals surface area (Å²) in [5.41, 5.74) is 2.04. The topological polar surface area (TPSA) is 73.2 Å². The molecule has 2 aromatic rings. The first-order valence-electron chi connectivity index (χ1n) is 8.39. The number of carbonyl (C=O) groups is 2. The predicted molar refractivity (Wildman–Crippen MR) is 99.6 cm³/mol. The van der Waals surface area contributed by atoms with Gasteiger partial charge in [-0.2, -0.15) is 5.26 Å². The molecule has 0 bridgehead atoms. The lowest BCUT2D eigenvalue weighted by Gasteiger charge is -2.16. The third kappa shape index (κ3) is 4.22. The van der Waals surface area contributed by atoms with Gasteiger partial charge in [0.2, 0.25) is 11.8 Å². The van der Waals surface area contributed by atoms with Crippen molar-refractivity contribution in [2.24, 2.45) is 5.92 Å². The predicted octanol–water partition coefficient (Wildman–Crippen LogP) is 3.24. The minimum absolute atomic E-state index is 0.000980. The second kappa shape index (κ2) is 8.03. The molecule has 0 saturated carbocycles. The quantitative estimate of drug-likeness (QED) is 0.881. The minimum atomic E-state index is -0.382. The Bertz CT molecular complexity index is 861. The van der Waals surface area contributed by atoms with Crippen LogP contribution in [0.15, 0.2) is 48.5 Å². The van der Waals surface area contributed by atoms with Crippen LogP contribution < -0.4 is 5.32 Å². The van der Waals surface area contributed by atoms with Gasteiger partial charge >= 0.3 is 0 Å². The van der Waals surface area contributed by atoms with Crippen LogP contribution in [0.4, 0.5) is 5.69 Å². The number of nitrogens with zero attached hydrogens (tertiary/aromatic N) is 2. The molecule has 1 heterocycles. The molecule has 1 saturated heterocycles. The van der Waals surface area contributed by atoms with Gasteiger partial charge in [-0.25, -0.2) is 0 Å². The van der Waals surface area contributed by atoms with E-state index in [2.05, 4.69) is 5.32 Å². The molecule has 132 valence electrons. The average molecular weight is 368 g/mol. The summed E-state index contributed by atoms with van der Waals surface area (Å²) in [6.45, 7) is 1.02. The molecule has 0 aliphatic carbocycles. The van der Waals surface area contributed by atoms with Gasteiger partial charge in [-0.05, 0) is 30.2 Å². The van der Waals surface area contributed by atoms with Crippen molar-refractivity contribution in [1.29, 1.82) is 5.26 Å². The molecule has 6 heteroatoms. The highest BCUT2D eigenvalue weighted by Gasteiger charge is 2.34. The monoisotopic (exact) mass is 367 g/mol. The van der Waals surface area contributed by atoms with Gasteiger partial charge in [0, 0.05) is 25.2 Å². The summed E-state index contributed by atoms with van der Waals surface area (Å²) in [5.74, 6) is -0.590. The van der Waals surface area contributed by atoms with E-state index in [1.54, 1.807) is 23.1 Å². The zero-order valence-electron chi connectivity index (χ0n) is 14.1. The molecule has 2 aromatic carbocycles. The van der Waals surface area contributed by atoms with E-state index in [1.807, 2.05) is 36.4 Å². The van der Waals surface area contributed by atoms with E-state index in [1.165, 1.54) is 5.56 Å². The van der Waals surface area contributed by atoms with Gasteiger partial charge in [0.05, 0.1) is 16.5 Å². The van der Waals surface area contributed by atoms with Gasteiger partial charge in [-0.15, -0.1) is 0 Å². The third-order valence-corrected chi connectivity index (χ3v) is 4.77. The van der Waals surface area contributed by atoms with Gasteiger partial charge < -0.3 is 10.2 Å². The fraction of sp³-hybridized carbons (Fsp3) is 0.250. The van der Waals surface area contributed by atoms with Crippen molar-refractivity contribution in [3.05, 3.63) is 64.7 Å². The molecule has 3 rings (SSSR count). The Balaban J connectivity index is 1.57. The lowest BCUT2D eigenvalue weighted by Crippen LogP contribution is -2.30. The Morgan fingerprint density at radius 2 is 2.04 bits per heavy atom. The van der Waals surface area contributed by atoms with E-state index in [0.717, 1.165) is 6.42 Å². The highest BCUT2D eigenvalue weighted by Crippen LogP contribution is 2.23. The fourth-order valence-corrected chi connectivity index (χ4v) is 3.22. The molecule has 26 heavy (non-hydrogen) atoms. The maximum atomic E-state index is 12.4. The highest BCUT2D eigenvalue weighted by atomic mass is 35.5. The first-order chi connectivity index (χ1) is 12.6. The van der Waals surface area contributed by atoms with Crippen molar-refractivity contribution in [2.45, 2.75) is 12.8 Å². The number of carbonyl (C=O) groups excluding carboxylic acids is 2. The van der Waals surface area contributed by atoms with Crippen molar-refractivity contribution < 1.29 is 9.59 Å². The van der Waals surface area contributed by atoms with E-state index >= 15 is 0 Å². The second-order valence-electron chi connectivity index (χ2n) is 6.27. The minimum Gasteiger partial charge on any atom is -0.342 e. The number of likely N-dealkylation sites (tertiary alicyclic amines) is 1. The van der Waals surface area contributed by atoms with E-state index < -0.39 is 0 Å². The lowest BCUT2D eigenvalue weighted by atomic mass is 10.1. The first-order valence-corrected chi connectivity index (χ1v) is 8.77. The van der Waals surface area contributed by atoms with E-state index in [9.17, 15) is 9.59 Å². The molecule has 0 radical (unpaired) electrons. The number of amides is 2. The van der Waals surface area contributed by atoms with Crippen LogP contribution in [-0.2, 0) is 16.0 Å². The fourth-order valence-electron chi connectivity index (χ4n) is 3.00. The summed E-state index contributed by atoms with van der Waals surface area (Å²) in [6.07, 6.45) is 0.983. The molecule has 1 aliphatic rings. The van der Waals surface area contributed by atoms with Crippen LogP contribution in [-0.4, -0.2) is 29.8 Å². The standard InChI is InChI=1S/C20H18ClN3O2/c21-18-11-17(7-6-15(18)12-22)23-20(26)16-10-19(25)24(13-16)9-8-14-4-2-1-3-5-14/h1-7,11,16H,8-10,13H2,(H,23,26). The van der Waals surface area contributed by atoms with Crippen LogP contribution >= 0.6 is 11.6 Å². The molecule has 0 aromatic heterocycles. The van der Waals surface area contributed by atoms with Crippen molar-refractivity contribution in [1.82, 2.24) is 4.90 Å². The summed E-state index contributed by atoms with van der Waals surface area (Å²) in [5, 5.41) is 12.0. The van der Waals surface area contributed by atoms with Crippen LogP contribution in [0.25, 0.3) is 0 Å². The Morgan fingerprint density at radius 1 is 1.27 bits per heavy atom. The Kier molecular flexibility index (Phi) is 5.55. The van der Waals surface area contributed by atoms with Crippen molar-refractivity contribution in [3.63, 3.8) is 0 Å². The maximum absolute atomic E-state index is 12.4. The largest absolute Gasteiger partial charge is 0.342 e. The van der Waals surface area contributed by atoms with Gasteiger partial charge in [0.1, 0.15) is 6.07 Å². The molecule has 1 unspecified atom stereocenters. The zero-order valence-corrected chi connectivity index (χ0v) is 14.9. The third-order valence-electron chi connectivity index (χ3n) is 4.46. The van der Waals surface area contributed by atoms with Gasteiger partial charge in [0.15, 0.2) is 0 Å². The number of hydrogen-bond donors (Lipinski definition) is 1. The number of nitrogens with one attached hydrogen (secondary N) is 1. The first kappa shape index (κ1) is 18.0. The number of anilines is 1. The average Bonchev–Trinajstić information content (AvgIpc) is 3.02. The van der Waals surface area contributed by atoms with Crippen LogP contribution in [0.1, 0.15) is 17.5 Å². The highest BCUT2D eigenvalue weighted by molar-refractivity contribution is 6.32. The lowest BCUT2D eigenvalue weighted by molar-refractivity contribution is -0.128. The molecule has 5 nitrogen and oxygen atoms in total. The number of hydrogen-bond acceptors (Lipinski definition) is 3. The van der Waals surface area contributed by atoms with E-state index in [0.29, 0.717) is 24.3 Å². The Labute approximate surface area is 157 Å². The molecular weight excluding hydrogens is 350 g/mol. The summed E-state index contributed by atoms with van der Waals surface area (Å²) < 4.78 is 0. The van der Waals surface area contributed by atoms with Crippen LogP contribution in [0, 0.1) is 17.2 Å². The summed E-state index contributed by atoms with van der Waals surface area (Å²) in [7, 11) is 0. The van der Waals surface area contributed by atoms with Gasteiger partial charge in [0.25, 0.3) is 0 Å². The molecule has 1 atom stereocenters. The van der Waals surface area contributed by atoms with Crippen LogP contribution in [0.5, 0.6) is 0 Å². The van der Waals surface area contributed by atoms with Crippen molar-refractivity contribution >= 4 is 29.1 Å². The number of halogens is 1. The molecular formula is C20H18ClN3O2. The van der Waals surface area contributed by atoms with Crippen LogP contribution in [0.2, 0.25) is 5.02 Å². The summed E-state index contributed by atoms with van der Waals surface area (Å²) in [4.78, 5) is 26.4. The molecule has 2 amide bonds. The Morgan fingerprint density at radius 3 is 2.73 bits per heavy atom. The van der Waals surface area contributed by atoms with E-state index in [4.69, 9.17) is 16.9 Å². The number of rotatable bonds is 5.